The van der Waals surface area contributed by atoms with Crippen molar-refractivity contribution in [2.24, 2.45) is 5.92 Å². The van der Waals surface area contributed by atoms with E-state index in [1.807, 2.05) is 0 Å². The molecule has 0 unspecified atom stereocenters. The fourth-order valence-corrected chi connectivity index (χ4v) is 2.52. The first-order valence-electron chi connectivity index (χ1n) is 5.76. The Labute approximate surface area is 90.3 Å². The van der Waals surface area contributed by atoms with Crippen molar-refractivity contribution in [1.29, 1.82) is 0 Å². The highest BCUT2D eigenvalue weighted by atomic mass is 15.2. The van der Waals surface area contributed by atoms with Crippen LogP contribution in [0.2, 0.25) is 0 Å². The molecule has 0 spiro atoms. The van der Waals surface area contributed by atoms with E-state index in [9.17, 15) is 0 Å². The van der Waals surface area contributed by atoms with Gasteiger partial charge in [0.15, 0.2) is 0 Å². The molecule has 3 N–H and O–H groups in total. The molecule has 3 rings (SSSR count). The normalized spacial score (nSPS) is 21.9. The molecule has 15 heavy (non-hydrogen) atoms. The molecule has 0 amide bonds. The lowest BCUT2D eigenvalue weighted by atomic mass is 9.95. The van der Waals surface area contributed by atoms with E-state index in [1.54, 1.807) is 0 Å². The average molecular weight is 203 g/mol. The van der Waals surface area contributed by atoms with Crippen LogP contribution >= 0.6 is 0 Å². The summed E-state index contributed by atoms with van der Waals surface area (Å²) < 4.78 is 0. The average Bonchev–Trinajstić information content (AvgIpc) is 2.74. The van der Waals surface area contributed by atoms with Crippen LogP contribution < -0.4 is 16.0 Å². The van der Waals surface area contributed by atoms with Gasteiger partial charge in [0.1, 0.15) is 0 Å². The van der Waals surface area contributed by atoms with Gasteiger partial charge in [-0.15, -0.1) is 0 Å². The number of benzene rings is 1. The van der Waals surface area contributed by atoms with Gasteiger partial charge in [-0.2, -0.15) is 0 Å². The van der Waals surface area contributed by atoms with E-state index in [0.717, 1.165) is 19.0 Å². The molecule has 1 fully saturated rings. The smallest absolute Gasteiger partial charge is 0.0994 e. The molecule has 3 heteroatoms. The Hall–Kier alpha value is -1.22. The summed E-state index contributed by atoms with van der Waals surface area (Å²) in [7, 11) is 0. The van der Waals surface area contributed by atoms with Gasteiger partial charge in [0.05, 0.1) is 17.5 Å². The van der Waals surface area contributed by atoms with Crippen molar-refractivity contribution in [3.63, 3.8) is 0 Å². The van der Waals surface area contributed by atoms with E-state index in [0.29, 0.717) is 6.17 Å². The zero-order chi connectivity index (χ0) is 10.1. The fraction of sp³-hybridized carbons (Fsp3) is 0.500. The summed E-state index contributed by atoms with van der Waals surface area (Å²) in [5.41, 5.74) is 2.50. The second-order valence-corrected chi connectivity index (χ2v) is 4.40. The van der Waals surface area contributed by atoms with E-state index >= 15 is 0 Å². The van der Waals surface area contributed by atoms with Crippen molar-refractivity contribution in [3.8, 4) is 0 Å². The van der Waals surface area contributed by atoms with Gasteiger partial charge < -0.3 is 16.0 Å². The molecule has 0 atom stereocenters. The Morgan fingerprint density at radius 2 is 1.53 bits per heavy atom. The number of hydrogen-bond donors (Lipinski definition) is 3. The second kappa shape index (κ2) is 3.74. The molecule has 2 aliphatic rings. The molecule has 0 radical (unpaired) electrons. The van der Waals surface area contributed by atoms with Gasteiger partial charge in [0.2, 0.25) is 0 Å². The molecule has 2 aliphatic heterocycles. The molecule has 1 aromatic rings. The largest absolute Gasteiger partial charge is 0.363 e. The van der Waals surface area contributed by atoms with Crippen LogP contribution in [0.5, 0.6) is 0 Å². The molecular weight excluding hydrogens is 186 g/mol. The molecule has 1 saturated heterocycles. The predicted octanol–water partition coefficient (Wildman–Crippen LogP) is 1.85. The van der Waals surface area contributed by atoms with E-state index in [4.69, 9.17) is 0 Å². The third kappa shape index (κ3) is 1.67. The number of nitrogens with one attached hydrogen (secondary N) is 3. The highest BCUT2D eigenvalue weighted by Gasteiger charge is 2.27. The summed E-state index contributed by atoms with van der Waals surface area (Å²) in [5, 5.41) is 10.5. The van der Waals surface area contributed by atoms with Gasteiger partial charge in [-0.3, -0.25) is 0 Å². The van der Waals surface area contributed by atoms with Gasteiger partial charge in [-0.05, 0) is 44.0 Å². The summed E-state index contributed by atoms with van der Waals surface area (Å²) in [6, 6.07) is 8.45. The van der Waals surface area contributed by atoms with E-state index in [1.165, 1.54) is 24.2 Å². The summed E-state index contributed by atoms with van der Waals surface area (Å²) in [5.74, 6) is 0.749. The predicted molar refractivity (Wildman–Crippen MR) is 63.1 cm³/mol. The summed E-state index contributed by atoms with van der Waals surface area (Å²) in [4.78, 5) is 0. The molecule has 3 nitrogen and oxygen atoms in total. The standard InChI is InChI=1S/C12H17N3/c1-2-4-11-10(3-1)14-12(15-11)9-5-7-13-8-6-9/h1-4,9,12-15H,5-8H2. The van der Waals surface area contributed by atoms with Crippen molar-refractivity contribution in [2.75, 3.05) is 23.7 Å². The molecule has 0 aliphatic carbocycles. The van der Waals surface area contributed by atoms with Crippen LogP contribution in [-0.4, -0.2) is 19.3 Å². The first-order valence-corrected chi connectivity index (χ1v) is 5.76. The maximum Gasteiger partial charge on any atom is 0.0994 e. The Bertz CT molecular complexity index is 319. The second-order valence-electron chi connectivity index (χ2n) is 4.40. The summed E-state index contributed by atoms with van der Waals surface area (Å²) in [6.45, 7) is 2.31. The first-order chi connectivity index (χ1) is 7.43. The Morgan fingerprint density at radius 1 is 0.933 bits per heavy atom. The topological polar surface area (TPSA) is 36.1 Å². The first kappa shape index (κ1) is 9.04. The van der Waals surface area contributed by atoms with Crippen LogP contribution in [0.1, 0.15) is 12.8 Å². The quantitative estimate of drug-likeness (QED) is 0.652. The number of rotatable bonds is 1. The molecule has 80 valence electrons. The maximum atomic E-state index is 3.57. The van der Waals surface area contributed by atoms with Crippen molar-refractivity contribution in [1.82, 2.24) is 5.32 Å². The maximum absolute atomic E-state index is 3.57. The highest BCUT2D eigenvalue weighted by Crippen LogP contribution is 2.32. The van der Waals surface area contributed by atoms with Gasteiger partial charge in [-0.1, -0.05) is 12.1 Å². The third-order valence-corrected chi connectivity index (χ3v) is 3.40. The van der Waals surface area contributed by atoms with E-state index in [2.05, 4.69) is 40.2 Å². The van der Waals surface area contributed by atoms with Gasteiger partial charge in [0, 0.05) is 0 Å². The van der Waals surface area contributed by atoms with Crippen molar-refractivity contribution < 1.29 is 0 Å². The number of para-hydroxylation sites is 2. The minimum Gasteiger partial charge on any atom is -0.363 e. The molecule has 1 aromatic carbocycles. The van der Waals surface area contributed by atoms with Crippen LogP contribution in [0.15, 0.2) is 24.3 Å². The summed E-state index contributed by atoms with van der Waals surface area (Å²) >= 11 is 0. The van der Waals surface area contributed by atoms with Crippen molar-refractivity contribution in [2.45, 2.75) is 19.0 Å². The van der Waals surface area contributed by atoms with Gasteiger partial charge >= 0.3 is 0 Å². The minimum atomic E-state index is 0.435. The Morgan fingerprint density at radius 3 is 2.13 bits per heavy atom. The highest BCUT2D eigenvalue weighted by molar-refractivity contribution is 5.74. The number of fused-ring (bicyclic) bond motifs is 1. The molecule has 0 aromatic heterocycles. The zero-order valence-corrected chi connectivity index (χ0v) is 8.79. The van der Waals surface area contributed by atoms with Crippen LogP contribution in [0.3, 0.4) is 0 Å². The van der Waals surface area contributed by atoms with Gasteiger partial charge in [0.25, 0.3) is 0 Å². The number of piperidine rings is 1. The minimum absolute atomic E-state index is 0.435. The van der Waals surface area contributed by atoms with Crippen LogP contribution in [0, 0.1) is 5.92 Å². The Kier molecular flexibility index (Phi) is 2.25. The SMILES string of the molecule is c1ccc2c(c1)NC(C1CCNCC1)N2. The molecule has 2 heterocycles. The lowest BCUT2D eigenvalue weighted by molar-refractivity contribution is 0.351. The van der Waals surface area contributed by atoms with Crippen LogP contribution in [0.4, 0.5) is 11.4 Å². The van der Waals surface area contributed by atoms with E-state index in [-0.39, 0.29) is 0 Å². The molecule has 0 bridgehead atoms. The Balaban J connectivity index is 1.72. The zero-order valence-electron chi connectivity index (χ0n) is 8.79. The van der Waals surface area contributed by atoms with E-state index < -0.39 is 0 Å². The fourth-order valence-electron chi connectivity index (χ4n) is 2.52. The summed E-state index contributed by atoms with van der Waals surface area (Å²) in [6.07, 6.45) is 2.96. The lowest BCUT2D eigenvalue weighted by Gasteiger charge is -2.28. The number of anilines is 2. The van der Waals surface area contributed by atoms with Crippen LogP contribution in [0.25, 0.3) is 0 Å². The van der Waals surface area contributed by atoms with Crippen molar-refractivity contribution >= 4 is 11.4 Å². The monoisotopic (exact) mass is 203 g/mol. The molecular formula is C12H17N3. The van der Waals surface area contributed by atoms with Gasteiger partial charge in [-0.25, -0.2) is 0 Å². The lowest BCUT2D eigenvalue weighted by Crippen LogP contribution is -2.39. The van der Waals surface area contributed by atoms with Crippen LogP contribution in [-0.2, 0) is 0 Å². The third-order valence-electron chi connectivity index (χ3n) is 3.40. The number of hydrogen-bond acceptors (Lipinski definition) is 3. The molecule has 0 saturated carbocycles. The van der Waals surface area contributed by atoms with Crippen molar-refractivity contribution in [3.05, 3.63) is 24.3 Å².